The lowest BCUT2D eigenvalue weighted by Crippen LogP contribution is -2.25. The summed E-state index contributed by atoms with van der Waals surface area (Å²) in [4.78, 5) is 23.9. The van der Waals surface area contributed by atoms with Gasteiger partial charge in [0.2, 0.25) is 11.8 Å². The summed E-state index contributed by atoms with van der Waals surface area (Å²) in [7, 11) is 0. The van der Waals surface area contributed by atoms with Crippen molar-refractivity contribution in [3.05, 3.63) is 64.7 Å². The molecule has 2 amide bonds. The molecule has 0 aromatic heterocycles. The molecule has 0 aliphatic rings. The fraction of sp³-hybridized carbons (Fsp3) is 0.222. The van der Waals surface area contributed by atoms with Crippen LogP contribution in [0, 0.1) is 5.92 Å². The predicted molar refractivity (Wildman–Crippen MR) is 92.6 cm³/mol. The number of carbonyl (C=O) groups is 2. The van der Waals surface area contributed by atoms with Gasteiger partial charge >= 0.3 is 0 Å². The van der Waals surface area contributed by atoms with Crippen LogP contribution in [0.2, 0.25) is 5.02 Å². The van der Waals surface area contributed by atoms with E-state index in [1.807, 2.05) is 26.0 Å². The highest BCUT2D eigenvalue weighted by molar-refractivity contribution is 6.30. The molecule has 2 aromatic rings. The molecule has 1 atom stereocenters. The Morgan fingerprint density at radius 3 is 2.30 bits per heavy atom. The molecule has 1 unspecified atom stereocenters. The van der Waals surface area contributed by atoms with Gasteiger partial charge in [-0.2, -0.15) is 0 Å². The van der Waals surface area contributed by atoms with Crippen LogP contribution in [0.15, 0.2) is 48.5 Å². The molecule has 2 aromatic carbocycles. The van der Waals surface area contributed by atoms with Crippen LogP contribution in [0.5, 0.6) is 0 Å². The molecule has 23 heavy (non-hydrogen) atoms. The Kier molecular flexibility index (Phi) is 5.40. The quantitative estimate of drug-likeness (QED) is 0.874. The van der Waals surface area contributed by atoms with Crippen molar-refractivity contribution in [1.29, 1.82) is 0 Å². The zero-order valence-electron chi connectivity index (χ0n) is 13.0. The van der Waals surface area contributed by atoms with Crippen molar-refractivity contribution in [3.63, 3.8) is 0 Å². The van der Waals surface area contributed by atoms with Gasteiger partial charge in [0.05, 0.1) is 5.92 Å². The highest BCUT2D eigenvalue weighted by Gasteiger charge is 2.24. The minimum Gasteiger partial charge on any atom is -0.366 e. The number of hydrogen-bond donors (Lipinski definition) is 2. The molecule has 0 bridgehead atoms. The average Bonchev–Trinajstić information content (AvgIpc) is 2.49. The smallest absolute Gasteiger partial charge is 0.248 e. The van der Waals surface area contributed by atoms with Gasteiger partial charge in [-0.3, -0.25) is 9.59 Å². The van der Waals surface area contributed by atoms with E-state index in [9.17, 15) is 9.59 Å². The summed E-state index contributed by atoms with van der Waals surface area (Å²) in [6.45, 7) is 3.97. The van der Waals surface area contributed by atoms with Crippen molar-refractivity contribution < 1.29 is 9.59 Å². The van der Waals surface area contributed by atoms with Crippen molar-refractivity contribution in [2.75, 3.05) is 5.32 Å². The summed E-state index contributed by atoms with van der Waals surface area (Å²) in [6, 6.07) is 13.8. The maximum absolute atomic E-state index is 12.7. The molecule has 120 valence electrons. The van der Waals surface area contributed by atoms with Crippen LogP contribution < -0.4 is 11.1 Å². The molecule has 0 spiro atoms. The maximum atomic E-state index is 12.7. The third-order valence-electron chi connectivity index (χ3n) is 3.59. The molecule has 5 heteroatoms. The molecular formula is C18H19ClN2O2. The Hall–Kier alpha value is -2.33. The third kappa shape index (κ3) is 4.33. The van der Waals surface area contributed by atoms with Crippen molar-refractivity contribution >= 4 is 29.1 Å². The lowest BCUT2D eigenvalue weighted by atomic mass is 9.87. The van der Waals surface area contributed by atoms with E-state index in [2.05, 4.69) is 5.32 Å². The number of anilines is 1. The van der Waals surface area contributed by atoms with E-state index < -0.39 is 5.91 Å². The number of rotatable bonds is 5. The van der Waals surface area contributed by atoms with E-state index in [0.29, 0.717) is 16.3 Å². The van der Waals surface area contributed by atoms with Gasteiger partial charge in [0.1, 0.15) is 0 Å². The fourth-order valence-corrected chi connectivity index (χ4v) is 2.61. The van der Waals surface area contributed by atoms with E-state index in [-0.39, 0.29) is 17.7 Å². The second-order valence-electron chi connectivity index (χ2n) is 5.71. The topological polar surface area (TPSA) is 72.2 Å². The van der Waals surface area contributed by atoms with Gasteiger partial charge in [0.15, 0.2) is 0 Å². The summed E-state index contributed by atoms with van der Waals surface area (Å²) in [5, 5.41) is 3.48. The van der Waals surface area contributed by atoms with Crippen LogP contribution in [0.1, 0.15) is 35.7 Å². The summed E-state index contributed by atoms with van der Waals surface area (Å²) in [6.07, 6.45) is 0. The molecule has 0 saturated carbocycles. The van der Waals surface area contributed by atoms with Crippen molar-refractivity contribution in [2.45, 2.75) is 19.8 Å². The first-order chi connectivity index (χ1) is 10.9. The van der Waals surface area contributed by atoms with Gasteiger partial charge in [-0.15, -0.1) is 0 Å². The highest BCUT2D eigenvalue weighted by Crippen LogP contribution is 2.27. The normalized spacial score (nSPS) is 12.0. The largest absolute Gasteiger partial charge is 0.366 e. The minimum atomic E-state index is -0.529. The number of amides is 2. The molecule has 3 N–H and O–H groups in total. The first-order valence-electron chi connectivity index (χ1n) is 7.34. The Balaban J connectivity index is 2.23. The second kappa shape index (κ2) is 7.29. The molecule has 0 radical (unpaired) electrons. The van der Waals surface area contributed by atoms with Crippen molar-refractivity contribution in [2.24, 2.45) is 11.7 Å². The number of carbonyl (C=O) groups excluding carboxylic acids is 2. The minimum absolute atomic E-state index is 0.107. The number of nitrogens with two attached hydrogens (primary N) is 1. The Morgan fingerprint density at radius 1 is 1.09 bits per heavy atom. The zero-order chi connectivity index (χ0) is 17.0. The third-order valence-corrected chi connectivity index (χ3v) is 3.84. The van der Waals surface area contributed by atoms with Crippen LogP contribution in [-0.4, -0.2) is 11.8 Å². The molecule has 0 aliphatic carbocycles. The lowest BCUT2D eigenvalue weighted by Gasteiger charge is -2.21. The van der Waals surface area contributed by atoms with E-state index in [1.165, 1.54) is 0 Å². The molecule has 0 fully saturated rings. The summed E-state index contributed by atoms with van der Waals surface area (Å²) in [5.41, 5.74) is 7.06. The molecular weight excluding hydrogens is 312 g/mol. The van der Waals surface area contributed by atoms with Gasteiger partial charge < -0.3 is 11.1 Å². The van der Waals surface area contributed by atoms with Gasteiger partial charge in [-0.05, 0) is 41.8 Å². The first kappa shape index (κ1) is 17.0. The standard InChI is InChI=1S/C18H19ClN2O2/c1-11(2)16(12-6-8-14(19)9-7-12)18(23)21-15-5-3-4-13(10-15)17(20)22/h3-11,16H,1-2H3,(H2,20,22)(H,21,23). The zero-order valence-corrected chi connectivity index (χ0v) is 13.8. The number of nitrogens with one attached hydrogen (secondary N) is 1. The lowest BCUT2D eigenvalue weighted by molar-refractivity contribution is -0.118. The Bertz CT molecular complexity index is 711. The number of primary amides is 1. The molecule has 4 nitrogen and oxygen atoms in total. The van der Waals surface area contributed by atoms with Crippen molar-refractivity contribution in [1.82, 2.24) is 0 Å². The SMILES string of the molecule is CC(C)C(C(=O)Nc1cccc(C(N)=O)c1)c1ccc(Cl)cc1. The predicted octanol–water partition coefficient (Wildman–Crippen LogP) is 3.82. The van der Waals surface area contributed by atoms with E-state index in [0.717, 1.165) is 5.56 Å². The fourth-order valence-electron chi connectivity index (χ4n) is 2.48. The monoisotopic (exact) mass is 330 g/mol. The average molecular weight is 331 g/mol. The Labute approximate surface area is 140 Å². The van der Waals surface area contributed by atoms with Crippen LogP contribution in [0.25, 0.3) is 0 Å². The Morgan fingerprint density at radius 2 is 1.74 bits per heavy atom. The van der Waals surface area contributed by atoms with Crippen LogP contribution in [0.3, 0.4) is 0 Å². The second-order valence-corrected chi connectivity index (χ2v) is 6.14. The molecule has 2 rings (SSSR count). The van der Waals surface area contributed by atoms with Crippen molar-refractivity contribution in [3.8, 4) is 0 Å². The van der Waals surface area contributed by atoms with Gasteiger partial charge in [-0.25, -0.2) is 0 Å². The number of halogens is 1. The van der Waals surface area contributed by atoms with Crippen LogP contribution >= 0.6 is 11.6 Å². The number of hydrogen-bond acceptors (Lipinski definition) is 2. The summed E-state index contributed by atoms with van der Waals surface area (Å²) in [5.74, 6) is -0.872. The van der Waals surface area contributed by atoms with Crippen LogP contribution in [-0.2, 0) is 4.79 Å². The maximum Gasteiger partial charge on any atom is 0.248 e. The molecule has 0 aliphatic heterocycles. The number of benzene rings is 2. The van der Waals surface area contributed by atoms with E-state index in [4.69, 9.17) is 17.3 Å². The van der Waals surface area contributed by atoms with E-state index in [1.54, 1.807) is 36.4 Å². The first-order valence-corrected chi connectivity index (χ1v) is 7.72. The summed E-state index contributed by atoms with van der Waals surface area (Å²) >= 11 is 5.91. The van der Waals surface area contributed by atoms with Gasteiger partial charge in [0, 0.05) is 16.3 Å². The molecule has 0 heterocycles. The van der Waals surface area contributed by atoms with Gasteiger partial charge in [0.25, 0.3) is 0 Å². The highest BCUT2D eigenvalue weighted by atomic mass is 35.5. The summed E-state index contributed by atoms with van der Waals surface area (Å²) < 4.78 is 0. The van der Waals surface area contributed by atoms with Gasteiger partial charge in [-0.1, -0.05) is 43.6 Å². The van der Waals surface area contributed by atoms with E-state index >= 15 is 0 Å². The van der Waals surface area contributed by atoms with Crippen LogP contribution in [0.4, 0.5) is 5.69 Å². The molecule has 0 saturated heterocycles.